The minimum atomic E-state index is -0.655. The van der Waals surface area contributed by atoms with Gasteiger partial charge in [0.25, 0.3) is 11.5 Å². The number of aliphatic imine (C=N–C) groups is 1. The van der Waals surface area contributed by atoms with E-state index in [1.165, 1.54) is 36.2 Å². The lowest BCUT2D eigenvalue weighted by atomic mass is 9.82. The van der Waals surface area contributed by atoms with Crippen molar-refractivity contribution in [1.29, 1.82) is 0 Å². The fraction of sp³-hybridized carbons (Fsp3) is 0.286. The van der Waals surface area contributed by atoms with Crippen LogP contribution in [0.25, 0.3) is 0 Å². The Kier molecular flexibility index (Phi) is 8.50. The zero-order valence-corrected chi connectivity index (χ0v) is 21.6. The van der Waals surface area contributed by atoms with Gasteiger partial charge in [-0.3, -0.25) is 19.6 Å². The van der Waals surface area contributed by atoms with E-state index in [1.54, 1.807) is 0 Å². The van der Waals surface area contributed by atoms with Gasteiger partial charge in [0, 0.05) is 36.4 Å². The van der Waals surface area contributed by atoms with E-state index in [0.29, 0.717) is 18.9 Å². The maximum atomic E-state index is 14.5. The SMILES string of the molecule is COc1ccnc(CNC(=O)C(C=NCc2ccc(Cn3cc(F)ccc3=O)cc2)=C(N)C2(C)COC2)c1F. The summed E-state index contributed by atoms with van der Waals surface area (Å²) in [6.07, 6.45) is 3.96. The molecule has 0 atom stereocenters. The van der Waals surface area contributed by atoms with E-state index in [1.807, 2.05) is 31.2 Å². The zero-order valence-electron chi connectivity index (χ0n) is 21.6. The number of hydrogen-bond acceptors (Lipinski definition) is 7. The smallest absolute Gasteiger partial charge is 0.254 e. The minimum Gasteiger partial charge on any atom is -0.494 e. The van der Waals surface area contributed by atoms with Crippen molar-refractivity contribution in [2.75, 3.05) is 20.3 Å². The third-order valence-electron chi connectivity index (χ3n) is 6.41. The first-order valence-electron chi connectivity index (χ1n) is 12.2. The van der Waals surface area contributed by atoms with E-state index < -0.39 is 23.0 Å². The van der Waals surface area contributed by atoms with Crippen molar-refractivity contribution >= 4 is 12.1 Å². The average molecular weight is 538 g/mol. The lowest BCUT2D eigenvalue weighted by molar-refractivity contribution is -0.117. The van der Waals surface area contributed by atoms with Crippen LogP contribution < -0.4 is 21.3 Å². The third kappa shape index (κ3) is 6.55. The highest BCUT2D eigenvalue weighted by molar-refractivity contribution is 6.12. The lowest BCUT2D eigenvalue weighted by Crippen LogP contribution is -2.46. The van der Waals surface area contributed by atoms with Gasteiger partial charge < -0.3 is 25.1 Å². The van der Waals surface area contributed by atoms with E-state index >= 15 is 0 Å². The number of halogens is 2. The molecule has 0 spiro atoms. The van der Waals surface area contributed by atoms with Crippen LogP contribution in [0.4, 0.5) is 8.78 Å². The van der Waals surface area contributed by atoms with Crippen LogP contribution >= 0.6 is 0 Å². The first kappa shape index (κ1) is 27.6. The molecule has 1 saturated heterocycles. The van der Waals surface area contributed by atoms with Crippen LogP contribution in [0.2, 0.25) is 0 Å². The molecule has 0 saturated carbocycles. The van der Waals surface area contributed by atoms with Crippen molar-refractivity contribution in [3.63, 3.8) is 0 Å². The molecule has 2 aromatic heterocycles. The normalized spacial score (nSPS) is 15.0. The molecule has 3 aromatic rings. The van der Waals surface area contributed by atoms with Crippen LogP contribution in [0.5, 0.6) is 5.75 Å². The van der Waals surface area contributed by atoms with Gasteiger partial charge in [0.2, 0.25) is 0 Å². The molecular formula is C28H29F2N5O4. The second-order valence-electron chi connectivity index (χ2n) is 9.44. The van der Waals surface area contributed by atoms with Crippen molar-refractivity contribution in [2.45, 2.75) is 26.6 Å². The van der Waals surface area contributed by atoms with Crippen molar-refractivity contribution in [3.05, 3.63) is 105 Å². The standard InChI is InChI=1S/C28H29F2N5O4/c1-28(16-39-17-28)26(31)21(27(37)34-13-22-25(30)23(38-2)9-10-33-22)12-32-11-18-3-5-19(6-4-18)14-35-15-20(29)7-8-24(35)36/h3-10,12,15H,11,13-14,16-17,31H2,1-2H3,(H,34,37). The van der Waals surface area contributed by atoms with E-state index in [0.717, 1.165) is 23.4 Å². The van der Waals surface area contributed by atoms with Gasteiger partial charge in [-0.1, -0.05) is 24.3 Å². The van der Waals surface area contributed by atoms with Crippen molar-refractivity contribution in [1.82, 2.24) is 14.9 Å². The Hall–Kier alpha value is -4.38. The van der Waals surface area contributed by atoms with Crippen molar-refractivity contribution in [2.24, 2.45) is 16.1 Å². The molecule has 3 heterocycles. The number of methoxy groups -OCH3 is 1. The Morgan fingerprint density at radius 2 is 1.92 bits per heavy atom. The Bertz CT molecular complexity index is 1460. The topological polar surface area (TPSA) is 121 Å². The second kappa shape index (κ2) is 12.0. The Morgan fingerprint density at radius 3 is 2.59 bits per heavy atom. The molecule has 0 radical (unpaired) electrons. The largest absolute Gasteiger partial charge is 0.494 e. The predicted molar refractivity (Wildman–Crippen MR) is 141 cm³/mol. The summed E-state index contributed by atoms with van der Waals surface area (Å²) < 4.78 is 39.5. The summed E-state index contributed by atoms with van der Waals surface area (Å²) in [5, 5.41) is 2.66. The number of carbonyl (C=O) groups excluding carboxylic acids is 1. The van der Waals surface area contributed by atoms with Gasteiger partial charge in [0.15, 0.2) is 11.6 Å². The summed E-state index contributed by atoms with van der Waals surface area (Å²) in [6.45, 7) is 2.93. The molecule has 39 heavy (non-hydrogen) atoms. The maximum Gasteiger partial charge on any atom is 0.254 e. The van der Waals surface area contributed by atoms with Crippen LogP contribution in [0, 0.1) is 17.0 Å². The molecule has 1 aromatic carbocycles. The number of hydrogen-bond donors (Lipinski definition) is 2. The van der Waals surface area contributed by atoms with Crippen LogP contribution in [-0.2, 0) is 29.2 Å². The van der Waals surface area contributed by atoms with Gasteiger partial charge in [-0.05, 0) is 24.1 Å². The summed E-state index contributed by atoms with van der Waals surface area (Å²) in [7, 11) is 1.35. The predicted octanol–water partition coefficient (Wildman–Crippen LogP) is 2.71. The molecule has 1 fully saturated rings. The molecule has 1 aliphatic heterocycles. The molecular weight excluding hydrogens is 508 g/mol. The summed E-state index contributed by atoms with van der Waals surface area (Å²) >= 11 is 0. The van der Waals surface area contributed by atoms with E-state index in [2.05, 4.69) is 15.3 Å². The third-order valence-corrected chi connectivity index (χ3v) is 6.41. The Morgan fingerprint density at radius 1 is 1.21 bits per heavy atom. The second-order valence-corrected chi connectivity index (χ2v) is 9.44. The number of nitrogens with zero attached hydrogens (tertiary/aromatic N) is 3. The van der Waals surface area contributed by atoms with Crippen LogP contribution in [0.3, 0.4) is 0 Å². The number of rotatable bonds is 10. The summed E-state index contributed by atoms with van der Waals surface area (Å²) in [4.78, 5) is 33.4. The van der Waals surface area contributed by atoms with Crippen molar-refractivity contribution < 1.29 is 23.0 Å². The minimum absolute atomic E-state index is 0.0244. The molecule has 3 N–H and O–H groups in total. The van der Waals surface area contributed by atoms with Gasteiger partial charge >= 0.3 is 0 Å². The van der Waals surface area contributed by atoms with E-state index in [9.17, 15) is 18.4 Å². The molecule has 9 nitrogen and oxygen atoms in total. The maximum absolute atomic E-state index is 14.5. The van der Waals surface area contributed by atoms with Crippen LogP contribution in [0.1, 0.15) is 23.7 Å². The quantitative estimate of drug-likeness (QED) is 0.303. The highest BCUT2D eigenvalue weighted by atomic mass is 19.1. The fourth-order valence-electron chi connectivity index (χ4n) is 3.96. The summed E-state index contributed by atoms with van der Waals surface area (Å²) in [5.74, 6) is -1.64. The number of nitrogens with two attached hydrogens (primary N) is 1. The van der Waals surface area contributed by atoms with Crippen molar-refractivity contribution in [3.8, 4) is 5.75 Å². The van der Waals surface area contributed by atoms with Crippen LogP contribution in [0.15, 0.2) is 75.9 Å². The Labute approximate surface area is 224 Å². The van der Waals surface area contributed by atoms with Gasteiger partial charge in [-0.25, -0.2) is 8.78 Å². The van der Waals surface area contributed by atoms with Gasteiger partial charge in [-0.15, -0.1) is 0 Å². The van der Waals surface area contributed by atoms with E-state index in [4.69, 9.17) is 15.2 Å². The molecule has 204 valence electrons. The Balaban J connectivity index is 1.46. The number of aromatic nitrogens is 2. The number of nitrogens with one attached hydrogen (secondary N) is 1. The summed E-state index contributed by atoms with van der Waals surface area (Å²) in [6, 6.07) is 11.0. The first-order valence-corrected chi connectivity index (χ1v) is 12.2. The highest BCUT2D eigenvalue weighted by Gasteiger charge is 2.38. The molecule has 1 amide bonds. The zero-order chi connectivity index (χ0) is 28.0. The summed E-state index contributed by atoms with van der Waals surface area (Å²) in [5.41, 5.74) is 7.74. The monoisotopic (exact) mass is 537 g/mol. The highest BCUT2D eigenvalue weighted by Crippen LogP contribution is 2.33. The molecule has 0 bridgehead atoms. The molecule has 0 aliphatic carbocycles. The van der Waals surface area contributed by atoms with Gasteiger partial charge in [0.1, 0.15) is 5.82 Å². The number of benzene rings is 1. The van der Waals surface area contributed by atoms with Crippen LogP contribution in [-0.4, -0.2) is 42.0 Å². The first-order chi connectivity index (χ1) is 18.7. The lowest BCUT2D eigenvalue weighted by Gasteiger charge is -2.39. The molecule has 4 rings (SSSR count). The van der Waals surface area contributed by atoms with Gasteiger partial charge in [-0.2, -0.15) is 0 Å². The average Bonchev–Trinajstić information content (AvgIpc) is 2.91. The molecule has 11 heteroatoms. The van der Waals surface area contributed by atoms with Gasteiger partial charge in [0.05, 0.1) is 56.6 Å². The number of amides is 1. The molecule has 0 unspecified atom stereocenters. The number of ether oxygens (including phenoxy) is 2. The number of carbonyl (C=O) groups is 1. The molecule has 1 aliphatic rings. The number of pyridine rings is 2. The fourth-order valence-corrected chi connectivity index (χ4v) is 3.96. The van der Waals surface area contributed by atoms with E-state index in [-0.39, 0.29) is 42.2 Å².